The molecule has 0 spiro atoms. The number of rotatable bonds is 7. The average Bonchev–Trinajstić information content (AvgIpc) is 3.53. The van der Waals surface area contributed by atoms with E-state index in [2.05, 4.69) is 16.7 Å². The average molecular weight is 517 g/mol. The molecule has 2 aromatic carbocycles. The monoisotopic (exact) mass is 516 g/mol. The molecule has 1 aliphatic heterocycles. The highest BCUT2D eigenvalue weighted by atomic mass is 16.6. The van der Waals surface area contributed by atoms with E-state index in [9.17, 15) is 9.59 Å². The lowest BCUT2D eigenvalue weighted by atomic mass is 9.80. The Bertz CT molecular complexity index is 1360. The number of alkyl carbamates (subject to hydrolysis) is 1. The zero-order valence-corrected chi connectivity index (χ0v) is 22.8. The highest BCUT2D eigenvalue weighted by Gasteiger charge is 2.40. The summed E-state index contributed by atoms with van der Waals surface area (Å²) in [6, 6.07) is 15.3. The van der Waals surface area contributed by atoms with Crippen molar-refractivity contribution in [2.45, 2.75) is 58.1 Å². The number of ether oxygens (including phenoxy) is 1. The first kappa shape index (κ1) is 27.0. The molecule has 1 saturated heterocycles. The van der Waals surface area contributed by atoms with Crippen molar-refractivity contribution in [1.82, 2.24) is 19.8 Å². The predicted molar refractivity (Wildman–Crippen MR) is 147 cm³/mol. The van der Waals surface area contributed by atoms with Crippen LogP contribution in [0.15, 0.2) is 42.5 Å². The molecule has 38 heavy (non-hydrogen) atoms. The lowest BCUT2D eigenvalue weighted by Gasteiger charge is -2.33. The van der Waals surface area contributed by atoms with Crippen LogP contribution in [0, 0.1) is 11.3 Å². The fourth-order valence-electron chi connectivity index (χ4n) is 4.73. The van der Waals surface area contributed by atoms with Crippen molar-refractivity contribution >= 4 is 28.7 Å². The van der Waals surface area contributed by atoms with Crippen LogP contribution in [0.25, 0.3) is 11.0 Å². The summed E-state index contributed by atoms with van der Waals surface area (Å²) in [5, 5.41) is 15.2. The molecule has 0 bridgehead atoms. The number of fused-ring (bicyclic) bond motifs is 1. The maximum atomic E-state index is 13.8. The number of aromatic nitrogens is 2. The molecule has 1 unspecified atom stereocenters. The molecule has 4 rings (SSSR count). The summed E-state index contributed by atoms with van der Waals surface area (Å²) in [5.74, 6) is 0.824. The van der Waals surface area contributed by atoms with Crippen LogP contribution in [0.5, 0.6) is 0 Å². The first-order chi connectivity index (χ1) is 18.0. The fraction of sp³-hybridized carbons (Fsp3) is 0.448. The summed E-state index contributed by atoms with van der Waals surface area (Å²) >= 11 is 0. The van der Waals surface area contributed by atoms with Crippen molar-refractivity contribution in [1.29, 1.82) is 5.26 Å². The second-order valence-electron chi connectivity index (χ2n) is 11.0. The number of anilines is 1. The third-order valence-corrected chi connectivity index (χ3v) is 6.93. The summed E-state index contributed by atoms with van der Waals surface area (Å²) in [7, 11) is 1.96. The molecule has 1 aliphatic rings. The summed E-state index contributed by atoms with van der Waals surface area (Å²) in [4.78, 5) is 33.0. The van der Waals surface area contributed by atoms with Crippen LogP contribution >= 0.6 is 0 Å². The highest BCUT2D eigenvalue weighted by molar-refractivity contribution is 5.90. The molecule has 200 valence electrons. The van der Waals surface area contributed by atoms with Crippen molar-refractivity contribution in [3.05, 3.63) is 59.4 Å². The Kier molecular flexibility index (Phi) is 7.63. The van der Waals surface area contributed by atoms with Gasteiger partial charge in [0.1, 0.15) is 11.4 Å². The lowest BCUT2D eigenvalue weighted by Crippen LogP contribution is -2.51. The molecular weight excluding hydrogens is 480 g/mol. The molecule has 2 amide bonds. The number of nitrogens with zero attached hydrogens (tertiary/aromatic N) is 4. The maximum absolute atomic E-state index is 13.8. The zero-order valence-electron chi connectivity index (χ0n) is 22.8. The van der Waals surface area contributed by atoms with Gasteiger partial charge in [-0.2, -0.15) is 5.26 Å². The Morgan fingerprint density at radius 1 is 1.08 bits per heavy atom. The molecule has 9 heteroatoms. The molecule has 2 heterocycles. The van der Waals surface area contributed by atoms with Gasteiger partial charge in [0.2, 0.25) is 5.91 Å². The van der Waals surface area contributed by atoms with Gasteiger partial charge in [0, 0.05) is 32.4 Å². The van der Waals surface area contributed by atoms with Crippen LogP contribution in [-0.4, -0.2) is 51.7 Å². The van der Waals surface area contributed by atoms with E-state index < -0.39 is 17.1 Å². The second-order valence-corrected chi connectivity index (χ2v) is 11.0. The van der Waals surface area contributed by atoms with Gasteiger partial charge in [-0.1, -0.05) is 6.07 Å². The number of likely N-dealkylation sites (tertiary alicyclic amines) is 1. The van der Waals surface area contributed by atoms with E-state index in [0.717, 1.165) is 54.0 Å². The molecule has 1 fully saturated rings. The minimum Gasteiger partial charge on any atom is -0.444 e. The number of aryl methyl sites for hydroxylation is 1. The topological polar surface area (TPSA) is 112 Å². The van der Waals surface area contributed by atoms with Crippen molar-refractivity contribution in [3.8, 4) is 6.07 Å². The number of hydrogen-bond donors (Lipinski definition) is 2. The van der Waals surface area contributed by atoms with Gasteiger partial charge in [0.25, 0.3) is 0 Å². The number of nitriles is 1. The van der Waals surface area contributed by atoms with Gasteiger partial charge in [0.05, 0.1) is 34.6 Å². The van der Waals surface area contributed by atoms with Crippen LogP contribution in [-0.2, 0) is 28.5 Å². The molecule has 1 aromatic heterocycles. The van der Waals surface area contributed by atoms with Gasteiger partial charge < -0.3 is 24.8 Å². The van der Waals surface area contributed by atoms with Crippen molar-refractivity contribution in [2.24, 2.45) is 7.05 Å². The maximum Gasteiger partial charge on any atom is 0.407 e. The molecular formula is C29H36N6O3. The highest BCUT2D eigenvalue weighted by Crippen LogP contribution is 2.31. The lowest BCUT2D eigenvalue weighted by molar-refractivity contribution is -0.135. The van der Waals surface area contributed by atoms with Crippen LogP contribution in [0.3, 0.4) is 0 Å². The molecule has 3 aromatic rings. The van der Waals surface area contributed by atoms with Gasteiger partial charge in [0.15, 0.2) is 0 Å². The SMILES string of the molecule is Cn1c(CNc2ccc(C#N)cc2)nc2cc(C(C)(CNC(=O)OC(C)(C)C)C(=O)N3CCCC3)ccc21. The van der Waals surface area contributed by atoms with E-state index in [1.807, 2.05) is 74.5 Å². The molecule has 2 N–H and O–H groups in total. The fourth-order valence-corrected chi connectivity index (χ4v) is 4.73. The second kappa shape index (κ2) is 10.7. The van der Waals surface area contributed by atoms with Gasteiger partial charge >= 0.3 is 6.09 Å². The predicted octanol–water partition coefficient (Wildman–Crippen LogP) is 4.46. The van der Waals surface area contributed by atoms with E-state index in [1.165, 1.54) is 0 Å². The van der Waals surface area contributed by atoms with Gasteiger partial charge in [-0.05, 0) is 82.5 Å². The Labute approximate surface area is 223 Å². The Balaban J connectivity index is 1.60. The van der Waals surface area contributed by atoms with E-state index in [4.69, 9.17) is 15.0 Å². The number of imidazole rings is 1. The standard InChI is InChI=1S/C29H36N6O3/c1-28(2,3)38-27(37)32-19-29(4,26(36)35-14-6-7-15-35)21-10-13-24-23(16-21)33-25(34(24)5)18-31-22-11-8-20(17-30)9-12-22/h8-13,16,31H,6-7,14-15,18-19H2,1-5H3,(H,32,37). The van der Waals surface area contributed by atoms with Crippen LogP contribution in [0.1, 0.15) is 57.5 Å². The van der Waals surface area contributed by atoms with E-state index in [-0.39, 0.29) is 12.5 Å². The quantitative estimate of drug-likeness (QED) is 0.479. The summed E-state index contributed by atoms with van der Waals surface area (Å²) < 4.78 is 7.45. The van der Waals surface area contributed by atoms with Crippen molar-refractivity contribution in [2.75, 3.05) is 25.0 Å². The number of hydrogen-bond acceptors (Lipinski definition) is 6. The Morgan fingerprint density at radius 2 is 1.76 bits per heavy atom. The third kappa shape index (κ3) is 5.91. The molecule has 0 aliphatic carbocycles. The third-order valence-electron chi connectivity index (χ3n) is 6.93. The van der Waals surface area contributed by atoms with Gasteiger partial charge in [-0.3, -0.25) is 4.79 Å². The van der Waals surface area contributed by atoms with E-state index in [1.54, 1.807) is 12.1 Å². The molecule has 1 atom stereocenters. The van der Waals surface area contributed by atoms with Gasteiger partial charge in [-0.25, -0.2) is 9.78 Å². The largest absolute Gasteiger partial charge is 0.444 e. The van der Waals surface area contributed by atoms with Crippen LogP contribution < -0.4 is 10.6 Å². The molecule has 0 saturated carbocycles. The van der Waals surface area contributed by atoms with E-state index in [0.29, 0.717) is 12.1 Å². The molecule has 0 radical (unpaired) electrons. The smallest absolute Gasteiger partial charge is 0.407 e. The van der Waals surface area contributed by atoms with E-state index >= 15 is 0 Å². The Morgan fingerprint density at radius 3 is 2.39 bits per heavy atom. The van der Waals surface area contributed by atoms with Crippen LogP contribution in [0.2, 0.25) is 0 Å². The summed E-state index contributed by atoms with van der Waals surface area (Å²) in [6.45, 7) is 9.36. The molecule has 9 nitrogen and oxygen atoms in total. The van der Waals surface area contributed by atoms with Crippen molar-refractivity contribution in [3.63, 3.8) is 0 Å². The number of nitrogens with one attached hydrogen (secondary N) is 2. The number of benzene rings is 2. The van der Waals surface area contributed by atoms with Gasteiger partial charge in [-0.15, -0.1) is 0 Å². The number of carbonyl (C=O) groups excluding carboxylic acids is 2. The Hall–Kier alpha value is -4.06. The normalized spacial score (nSPS) is 15.1. The van der Waals surface area contributed by atoms with Crippen molar-refractivity contribution < 1.29 is 14.3 Å². The number of carbonyl (C=O) groups is 2. The minimum absolute atomic E-state index is 0.0101. The van der Waals surface area contributed by atoms with Crippen LogP contribution in [0.4, 0.5) is 10.5 Å². The number of amides is 2. The zero-order chi connectivity index (χ0) is 27.5. The summed E-state index contributed by atoms with van der Waals surface area (Å²) in [6.07, 6.45) is 1.42. The summed E-state index contributed by atoms with van der Waals surface area (Å²) in [5.41, 5.74) is 2.42. The minimum atomic E-state index is -0.978. The first-order valence-corrected chi connectivity index (χ1v) is 13.0. The first-order valence-electron chi connectivity index (χ1n) is 13.0.